The zero-order valence-corrected chi connectivity index (χ0v) is 9.17. The summed E-state index contributed by atoms with van der Waals surface area (Å²) in [5.74, 6) is 0. The number of rotatable bonds is 3. The van der Waals surface area contributed by atoms with E-state index >= 15 is 0 Å². The van der Waals surface area contributed by atoms with Crippen LogP contribution in [-0.4, -0.2) is 11.7 Å². The maximum atomic E-state index is 8.85. The van der Waals surface area contributed by atoms with Crippen molar-refractivity contribution < 1.29 is 5.11 Å². The normalized spacial score (nSPS) is 12.9. The maximum Gasteiger partial charge on any atom is 0.0449 e. The molecule has 3 N–H and O–H groups in total. The Labute approximate surface area is 85.8 Å². The summed E-state index contributed by atoms with van der Waals surface area (Å²) in [4.78, 5) is 0. The lowest BCUT2D eigenvalue weighted by Crippen LogP contribution is -2.15. The van der Waals surface area contributed by atoms with Gasteiger partial charge in [-0.3, -0.25) is 0 Å². The highest BCUT2D eigenvalue weighted by molar-refractivity contribution is 5.39. The van der Waals surface area contributed by atoms with Crippen LogP contribution in [0.5, 0.6) is 0 Å². The van der Waals surface area contributed by atoms with E-state index in [0.717, 1.165) is 0 Å². The molecule has 0 bridgehead atoms. The van der Waals surface area contributed by atoms with Crippen LogP contribution in [0.2, 0.25) is 0 Å². The second-order valence-corrected chi connectivity index (χ2v) is 3.93. The van der Waals surface area contributed by atoms with Gasteiger partial charge in [0.15, 0.2) is 0 Å². The molecule has 1 aromatic carbocycles. The van der Waals surface area contributed by atoms with Crippen LogP contribution in [0, 0.1) is 20.8 Å². The molecule has 0 aromatic heterocycles. The average Bonchev–Trinajstić information content (AvgIpc) is 2.01. The van der Waals surface area contributed by atoms with Gasteiger partial charge in [-0.2, -0.15) is 0 Å². The van der Waals surface area contributed by atoms with E-state index in [1.807, 2.05) is 0 Å². The molecular weight excluding hydrogens is 174 g/mol. The van der Waals surface area contributed by atoms with Crippen LogP contribution in [0.1, 0.15) is 34.7 Å². The number of nitrogens with two attached hydrogens (primary N) is 1. The van der Waals surface area contributed by atoms with Crippen molar-refractivity contribution in [1.29, 1.82) is 0 Å². The molecule has 2 heteroatoms. The molecule has 0 spiro atoms. The summed E-state index contributed by atoms with van der Waals surface area (Å²) in [6.45, 7) is 6.38. The summed E-state index contributed by atoms with van der Waals surface area (Å²) in [6.07, 6.45) is 0.630. The Kier molecular flexibility index (Phi) is 3.67. The lowest BCUT2D eigenvalue weighted by molar-refractivity contribution is 0.276. The molecular formula is C12H19NO. The molecule has 0 saturated heterocycles. The van der Waals surface area contributed by atoms with Gasteiger partial charge in [-0.15, -0.1) is 0 Å². The van der Waals surface area contributed by atoms with E-state index in [4.69, 9.17) is 10.8 Å². The molecule has 0 aliphatic carbocycles. The van der Waals surface area contributed by atoms with Gasteiger partial charge in [0, 0.05) is 12.6 Å². The van der Waals surface area contributed by atoms with Gasteiger partial charge in [-0.1, -0.05) is 17.7 Å². The molecule has 0 fully saturated rings. The molecule has 0 aliphatic rings. The average molecular weight is 193 g/mol. The van der Waals surface area contributed by atoms with Gasteiger partial charge in [-0.25, -0.2) is 0 Å². The van der Waals surface area contributed by atoms with Crippen LogP contribution in [-0.2, 0) is 0 Å². The summed E-state index contributed by atoms with van der Waals surface area (Å²) < 4.78 is 0. The Balaban J connectivity index is 3.07. The number of aliphatic hydroxyl groups is 1. The monoisotopic (exact) mass is 193 g/mol. The third-order valence-corrected chi connectivity index (χ3v) is 2.55. The number of benzene rings is 1. The summed E-state index contributed by atoms with van der Waals surface area (Å²) in [5.41, 5.74) is 10.9. The maximum absolute atomic E-state index is 8.85. The molecule has 0 amide bonds. The third kappa shape index (κ3) is 2.34. The van der Waals surface area contributed by atoms with Gasteiger partial charge in [0.05, 0.1) is 0 Å². The van der Waals surface area contributed by atoms with Crippen molar-refractivity contribution in [2.24, 2.45) is 5.73 Å². The first kappa shape index (κ1) is 11.2. The topological polar surface area (TPSA) is 46.2 Å². The van der Waals surface area contributed by atoms with Crippen molar-refractivity contribution in [3.8, 4) is 0 Å². The minimum Gasteiger partial charge on any atom is -0.396 e. The minimum atomic E-state index is -0.0411. The Hall–Kier alpha value is -0.860. The smallest absolute Gasteiger partial charge is 0.0449 e. The Morgan fingerprint density at radius 3 is 2.14 bits per heavy atom. The predicted molar refractivity (Wildman–Crippen MR) is 59.3 cm³/mol. The van der Waals surface area contributed by atoms with E-state index in [1.54, 1.807) is 0 Å². The van der Waals surface area contributed by atoms with Crippen LogP contribution < -0.4 is 5.73 Å². The second kappa shape index (κ2) is 4.58. The Morgan fingerprint density at radius 2 is 1.71 bits per heavy atom. The fourth-order valence-corrected chi connectivity index (χ4v) is 2.06. The minimum absolute atomic E-state index is 0.0411. The highest BCUT2D eigenvalue weighted by Crippen LogP contribution is 2.23. The first-order valence-corrected chi connectivity index (χ1v) is 5.00. The summed E-state index contributed by atoms with van der Waals surface area (Å²) >= 11 is 0. The zero-order valence-electron chi connectivity index (χ0n) is 9.17. The van der Waals surface area contributed by atoms with Gasteiger partial charge in [-0.05, 0) is 43.9 Å². The molecule has 0 radical (unpaired) electrons. The van der Waals surface area contributed by atoms with Gasteiger partial charge in [0.25, 0.3) is 0 Å². The molecule has 0 aliphatic heterocycles. The fourth-order valence-electron chi connectivity index (χ4n) is 2.06. The van der Waals surface area contributed by atoms with Crippen LogP contribution in [0.3, 0.4) is 0 Å². The van der Waals surface area contributed by atoms with E-state index in [1.165, 1.54) is 22.3 Å². The lowest BCUT2D eigenvalue weighted by Gasteiger charge is -2.17. The molecule has 0 heterocycles. The number of aryl methyl sites for hydroxylation is 3. The van der Waals surface area contributed by atoms with Crippen LogP contribution in [0.4, 0.5) is 0 Å². The van der Waals surface area contributed by atoms with E-state index in [2.05, 4.69) is 32.9 Å². The number of hydrogen-bond acceptors (Lipinski definition) is 2. The second-order valence-electron chi connectivity index (χ2n) is 3.93. The Bertz CT molecular complexity index is 297. The quantitative estimate of drug-likeness (QED) is 0.771. The number of hydrogen-bond donors (Lipinski definition) is 2. The molecule has 1 unspecified atom stereocenters. The van der Waals surface area contributed by atoms with Gasteiger partial charge in [0.1, 0.15) is 0 Å². The van der Waals surface area contributed by atoms with Crippen LogP contribution in [0.15, 0.2) is 12.1 Å². The van der Waals surface area contributed by atoms with E-state index in [0.29, 0.717) is 6.42 Å². The summed E-state index contributed by atoms with van der Waals surface area (Å²) in [5, 5.41) is 8.85. The van der Waals surface area contributed by atoms with Gasteiger partial charge < -0.3 is 10.8 Å². The Morgan fingerprint density at radius 1 is 1.21 bits per heavy atom. The molecule has 14 heavy (non-hydrogen) atoms. The molecule has 78 valence electrons. The van der Waals surface area contributed by atoms with Crippen molar-refractivity contribution in [1.82, 2.24) is 0 Å². The lowest BCUT2D eigenvalue weighted by atomic mass is 9.93. The summed E-state index contributed by atoms with van der Waals surface area (Å²) in [7, 11) is 0. The highest BCUT2D eigenvalue weighted by atomic mass is 16.3. The van der Waals surface area contributed by atoms with Crippen molar-refractivity contribution >= 4 is 0 Å². The third-order valence-electron chi connectivity index (χ3n) is 2.55. The predicted octanol–water partition coefficient (Wildman–Crippen LogP) is 1.99. The molecule has 1 atom stereocenters. The number of aliphatic hydroxyl groups excluding tert-OH is 1. The van der Waals surface area contributed by atoms with Crippen molar-refractivity contribution in [3.63, 3.8) is 0 Å². The van der Waals surface area contributed by atoms with Crippen molar-refractivity contribution in [2.75, 3.05) is 6.61 Å². The van der Waals surface area contributed by atoms with Gasteiger partial charge >= 0.3 is 0 Å². The molecule has 2 nitrogen and oxygen atoms in total. The SMILES string of the molecule is Cc1cc(C)c(C(N)CCO)c(C)c1. The fraction of sp³-hybridized carbons (Fsp3) is 0.500. The largest absolute Gasteiger partial charge is 0.396 e. The molecule has 1 rings (SSSR count). The first-order valence-electron chi connectivity index (χ1n) is 5.00. The van der Waals surface area contributed by atoms with Crippen LogP contribution >= 0.6 is 0 Å². The first-order chi connectivity index (χ1) is 6.56. The zero-order chi connectivity index (χ0) is 10.7. The summed E-state index contributed by atoms with van der Waals surface area (Å²) in [6, 6.07) is 4.24. The van der Waals surface area contributed by atoms with E-state index < -0.39 is 0 Å². The van der Waals surface area contributed by atoms with Crippen molar-refractivity contribution in [3.05, 3.63) is 34.4 Å². The highest BCUT2D eigenvalue weighted by Gasteiger charge is 2.11. The standard InChI is InChI=1S/C12H19NO/c1-8-6-9(2)12(10(3)7-8)11(13)4-5-14/h6-7,11,14H,4-5,13H2,1-3H3. The van der Waals surface area contributed by atoms with Crippen molar-refractivity contribution in [2.45, 2.75) is 33.2 Å². The van der Waals surface area contributed by atoms with Gasteiger partial charge in [0.2, 0.25) is 0 Å². The van der Waals surface area contributed by atoms with E-state index in [9.17, 15) is 0 Å². The molecule has 0 saturated carbocycles. The van der Waals surface area contributed by atoms with Crippen LogP contribution in [0.25, 0.3) is 0 Å². The van der Waals surface area contributed by atoms with E-state index in [-0.39, 0.29) is 12.6 Å². The molecule has 1 aromatic rings.